The van der Waals surface area contributed by atoms with Gasteiger partial charge < -0.3 is 14.6 Å². The number of ketones is 1. The lowest BCUT2D eigenvalue weighted by atomic mass is 9.89. The van der Waals surface area contributed by atoms with Crippen molar-refractivity contribution in [3.8, 4) is 5.75 Å². The zero-order chi connectivity index (χ0) is 17.5. The Morgan fingerprint density at radius 2 is 2.04 bits per heavy atom. The Balaban J connectivity index is 2.32. The van der Waals surface area contributed by atoms with E-state index in [9.17, 15) is 14.7 Å². The summed E-state index contributed by atoms with van der Waals surface area (Å²) in [5, 5.41) is 10.3. The number of aliphatic hydroxyl groups excluding tert-OH is 1. The van der Waals surface area contributed by atoms with Gasteiger partial charge in [-0.3, -0.25) is 14.6 Å². The number of aliphatic hydroxyl groups is 1. The molecule has 24 heavy (non-hydrogen) atoms. The summed E-state index contributed by atoms with van der Waals surface area (Å²) in [4.78, 5) is 28.0. The van der Waals surface area contributed by atoms with Crippen LogP contribution in [0.25, 0.3) is 0 Å². The minimum absolute atomic E-state index is 0.0194. The number of Topliss-reactive ketones (excluding diaryl/α,β-unsaturated/α-hetero) is 1. The van der Waals surface area contributed by atoms with E-state index in [1.807, 2.05) is 6.07 Å². The molecule has 1 saturated carbocycles. The highest BCUT2D eigenvalue weighted by Gasteiger charge is 2.25. The van der Waals surface area contributed by atoms with Crippen LogP contribution in [0.3, 0.4) is 0 Å². The van der Waals surface area contributed by atoms with Crippen LogP contribution in [0.15, 0.2) is 40.6 Å². The van der Waals surface area contributed by atoms with Gasteiger partial charge in [-0.05, 0) is 25.0 Å². The van der Waals surface area contributed by atoms with Gasteiger partial charge in [0.05, 0.1) is 37.6 Å². The Kier molecular flexibility index (Phi) is 6.12. The lowest BCUT2D eigenvalue weighted by Gasteiger charge is -2.18. The minimum Gasteiger partial charge on any atom is -0.511 e. The molecular weight excluding hydrogens is 310 g/mol. The van der Waals surface area contributed by atoms with Crippen molar-refractivity contribution in [2.75, 3.05) is 14.2 Å². The molecule has 0 heterocycles. The predicted octanol–water partition coefficient (Wildman–Crippen LogP) is 3.29. The highest BCUT2D eigenvalue weighted by molar-refractivity contribution is 6.24. The summed E-state index contributed by atoms with van der Waals surface area (Å²) in [6.07, 6.45) is 1.74. The maximum atomic E-state index is 12.2. The number of nitrogens with zero attached hydrogens (tertiary/aromatic N) is 1. The zero-order valence-electron chi connectivity index (χ0n) is 13.9. The first-order valence-electron chi connectivity index (χ1n) is 7.79. The Hall–Kier alpha value is -2.63. The van der Waals surface area contributed by atoms with Crippen molar-refractivity contribution < 1.29 is 24.2 Å². The number of esters is 1. The third-order valence-electron chi connectivity index (χ3n) is 3.78. The number of hydrogen-bond acceptors (Lipinski definition) is 6. The first kappa shape index (κ1) is 17.7. The number of hydrogen-bond donors (Lipinski definition) is 1. The molecule has 0 amide bonds. The molecule has 2 rings (SSSR count). The average molecular weight is 331 g/mol. The summed E-state index contributed by atoms with van der Waals surface area (Å²) in [5.74, 6) is -0.0203. The number of rotatable bonds is 5. The van der Waals surface area contributed by atoms with E-state index in [1.54, 1.807) is 25.3 Å². The van der Waals surface area contributed by atoms with Crippen LogP contribution >= 0.6 is 0 Å². The molecule has 0 radical (unpaired) electrons. The third-order valence-corrected chi connectivity index (χ3v) is 3.78. The molecule has 0 aliphatic heterocycles. The summed E-state index contributed by atoms with van der Waals surface area (Å²) in [7, 11) is 2.86. The topological polar surface area (TPSA) is 85.2 Å². The number of ether oxygens (including phenoxy) is 2. The van der Waals surface area contributed by atoms with Crippen LogP contribution in [-0.2, 0) is 14.3 Å². The van der Waals surface area contributed by atoms with E-state index in [2.05, 4.69) is 9.73 Å². The fourth-order valence-electron chi connectivity index (χ4n) is 2.55. The highest BCUT2D eigenvalue weighted by Crippen LogP contribution is 2.27. The van der Waals surface area contributed by atoms with Crippen molar-refractivity contribution in [1.29, 1.82) is 0 Å². The summed E-state index contributed by atoms with van der Waals surface area (Å²) in [5.41, 5.74) is 1.42. The molecular formula is C18H21NO5. The molecule has 0 unspecified atom stereocenters. The van der Waals surface area contributed by atoms with E-state index >= 15 is 0 Å². The van der Waals surface area contributed by atoms with E-state index < -0.39 is 5.97 Å². The van der Waals surface area contributed by atoms with Gasteiger partial charge in [0.2, 0.25) is 0 Å². The lowest BCUT2D eigenvalue weighted by molar-refractivity contribution is -0.140. The van der Waals surface area contributed by atoms with Crippen LogP contribution in [-0.4, -0.2) is 36.8 Å². The SMILES string of the molecule is COC(=O)CCC(O)=C1C(=O)CCCC1=Nc1cccc(OC)c1. The molecule has 6 heteroatoms. The number of aliphatic imine (C=N–C) groups is 1. The first-order chi connectivity index (χ1) is 11.5. The van der Waals surface area contributed by atoms with Crippen molar-refractivity contribution in [2.24, 2.45) is 4.99 Å². The zero-order valence-corrected chi connectivity index (χ0v) is 13.9. The Morgan fingerprint density at radius 3 is 2.75 bits per heavy atom. The summed E-state index contributed by atoms with van der Waals surface area (Å²) in [6.45, 7) is 0. The van der Waals surface area contributed by atoms with Gasteiger partial charge in [-0.2, -0.15) is 0 Å². The van der Waals surface area contributed by atoms with Crippen LogP contribution in [0.4, 0.5) is 5.69 Å². The molecule has 0 bridgehead atoms. The van der Waals surface area contributed by atoms with Gasteiger partial charge in [0, 0.05) is 18.9 Å². The Morgan fingerprint density at radius 1 is 1.25 bits per heavy atom. The molecule has 6 nitrogen and oxygen atoms in total. The van der Waals surface area contributed by atoms with Crippen molar-refractivity contribution in [3.63, 3.8) is 0 Å². The minimum atomic E-state index is -0.434. The lowest BCUT2D eigenvalue weighted by Crippen LogP contribution is -2.21. The second-order valence-corrected chi connectivity index (χ2v) is 5.43. The van der Waals surface area contributed by atoms with Crippen LogP contribution in [0.1, 0.15) is 32.1 Å². The van der Waals surface area contributed by atoms with E-state index in [-0.39, 0.29) is 30.0 Å². The highest BCUT2D eigenvalue weighted by atomic mass is 16.5. The smallest absolute Gasteiger partial charge is 0.305 e. The molecule has 0 spiro atoms. The number of carbonyl (C=O) groups excluding carboxylic acids is 2. The van der Waals surface area contributed by atoms with E-state index in [0.717, 1.165) is 0 Å². The molecule has 1 fully saturated rings. The van der Waals surface area contributed by atoms with Crippen molar-refractivity contribution in [1.82, 2.24) is 0 Å². The molecule has 1 aliphatic carbocycles. The second-order valence-electron chi connectivity index (χ2n) is 5.43. The maximum absolute atomic E-state index is 12.2. The van der Waals surface area contributed by atoms with E-state index in [4.69, 9.17) is 4.74 Å². The van der Waals surface area contributed by atoms with Gasteiger partial charge >= 0.3 is 5.97 Å². The fourth-order valence-corrected chi connectivity index (χ4v) is 2.55. The molecule has 1 aromatic rings. The van der Waals surface area contributed by atoms with Gasteiger partial charge in [-0.25, -0.2) is 0 Å². The predicted molar refractivity (Wildman–Crippen MR) is 89.9 cm³/mol. The molecule has 0 aromatic heterocycles. The standard InChI is InChI=1S/C18H21NO5/c1-23-13-6-3-5-12(11-13)19-14-7-4-8-15(20)18(14)16(21)9-10-17(22)24-2/h3,5-6,11,21H,4,7-10H2,1-2H3. The van der Waals surface area contributed by atoms with Gasteiger partial charge in [0.15, 0.2) is 5.78 Å². The van der Waals surface area contributed by atoms with Gasteiger partial charge in [0.25, 0.3) is 0 Å². The fraction of sp³-hybridized carbons (Fsp3) is 0.389. The molecule has 1 aromatic carbocycles. The summed E-state index contributed by atoms with van der Waals surface area (Å²) < 4.78 is 9.73. The van der Waals surface area contributed by atoms with Gasteiger partial charge in [0.1, 0.15) is 11.5 Å². The number of allylic oxidation sites excluding steroid dienone is 2. The van der Waals surface area contributed by atoms with Gasteiger partial charge in [-0.1, -0.05) is 6.07 Å². The molecule has 0 saturated heterocycles. The molecule has 128 valence electrons. The van der Waals surface area contributed by atoms with Crippen LogP contribution in [0.2, 0.25) is 0 Å². The first-order valence-corrected chi connectivity index (χ1v) is 7.79. The van der Waals surface area contributed by atoms with Crippen molar-refractivity contribution in [2.45, 2.75) is 32.1 Å². The number of carbonyl (C=O) groups is 2. The summed E-state index contributed by atoms with van der Waals surface area (Å²) in [6, 6.07) is 7.18. The monoisotopic (exact) mass is 331 g/mol. The van der Waals surface area contributed by atoms with Crippen molar-refractivity contribution in [3.05, 3.63) is 35.6 Å². The quantitative estimate of drug-likeness (QED) is 0.508. The average Bonchev–Trinajstić information content (AvgIpc) is 2.59. The molecule has 1 aliphatic rings. The number of benzene rings is 1. The molecule has 0 atom stereocenters. The Labute approximate surface area is 140 Å². The Bertz CT molecular complexity index is 690. The van der Waals surface area contributed by atoms with Crippen molar-refractivity contribution >= 4 is 23.2 Å². The largest absolute Gasteiger partial charge is 0.511 e. The third kappa shape index (κ3) is 4.44. The van der Waals surface area contributed by atoms with E-state index in [1.165, 1.54) is 7.11 Å². The van der Waals surface area contributed by atoms with E-state index in [0.29, 0.717) is 36.4 Å². The van der Waals surface area contributed by atoms with Crippen LogP contribution in [0.5, 0.6) is 5.75 Å². The molecule has 1 N–H and O–H groups in total. The summed E-state index contributed by atoms with van der Waals surface area (Å²) >= 11 is 0. The van der Waals surface area contributed by atoms with Crippen LogP contribution < -0.4 is 4.74 Å². The second kappa shape index (κ2) is 8.29. The normalized spacial score (nSPS) is 18.4. The maximum Gasteiger partial charge on any atom is 0.305 e. The van der Waals surface area contributed by atoms with Crippen LogP contribution in [0, 0.1) is 0 Å². The number of methoxy groups -OCH3 is 2. The van der Waals surface area contributed by atoms with Gasteiger partial charge in [-0.15, -0.1) is 0 Å².